The van der Waals surface area contributed by atoms with Gasteiger partial charge in [0, 0.05) is 36.7 Å². The summed E-state index contributed by atoms with van der Waals surface area (Å²) in [7, 11) is 6.05. The fraction of sp³-hybridized carbons (Fsp3) is 0.200. The summed E-state index contributed by atoms with van der Waals surface area (Å²) in [6, 6.07) is 24.0. The van der Waals surface area contributed by atoms with E-state index in [1.165, 1.54) is 39.2 Å². The average Bonchev–Trinajstić information content (AvgIpc) is 2.81. The van der Waals surface area contributed by atoms with E-state index < -0.39 is 5.50 Å². The highest BCUT2D eigenvalue weighted by atomic mass is 16.5. The molecule has 0 spiro atoms. The van der Waals surface area contributed by atoms with Crippen LogP contribution in [0.2, 0.25) is 0 Å². The summed E-state index contributed by atoms with van der Waals surface area (Å²) >= 11 is 0. The lowest BCUT2D eigenvalue weighted by molar-refractivity contribution is 0.102. The molecule has 0 radical (unpaired) electrons. The maximum absolute atomic E-state index is 5.94. The molecule has 2 nitrogen and oxygen atoms in total. The average molecular weight is 367 g/mol. The number of nitrogens with zero attached hydrogens (tertiary/aromatic N) is 1. The molecule has 0 saturated carbocycles. The third-order valence-electron chi connectivity index (χ3n) is 5.69. The molecule has 0 fully saturated rings. The second kappa shape index (κ2) is 6.99. The predicted molar refractivity (Wildman–Crippen MR) is 122 cm³/mol. The maximum atomic E-state index is 5.94. The zero-order valence-electron chi connectivity index (χ0n) is 17.3. The van der Waals surface area contributed by atoms with E-state index in [9.17, 15) is 0 Å². The molecule has 1 unspecified atom stereocenters. The van der Waals surface area contributed by atoms with Crippen molar-refractivity contribution in [1.29, 1.82) is 0 Å². The Kier molecular flexibility index (Phi) is 4.64. The Bertz CT molecular complexity index is 1070. The minimum atomic E-state index is -0.458. The Morgan fingerprint density at radius 3 is 2.07 bits per heavy atom. The summed E-state index contributed by atoms with van der Waals surface area (Å²) in [5.41, 5.74) is 9.38. The van der Waals surface area contributed by atoms with Crippen LogP contribution in [0, 0.1) is 0 Å². The lowest BCUT2D eigenvalue weighted by Gasteiger charge is -2.29. The van der Waals surface area contributed by atoms with Gasteiger partial charge in [-0.3, -0.25) is 0 Å². The van der Waals surface area contributed by atoms with Crippen LogP contribution >= 0.6 is 0 Å². The standard InChI is InChI=1S/C25H26BNO/c1-17(2)16-25(26,28-4)18-13-14-24-22(15-18)20-10-6-5-9-19(20)21-11-7-8-12-23(21)27(24)3/h5-16H,26H2,1-4H3. The second-order valence-electron chi connectivity index (χ2n) is 7.89. The highest BCUT2D eigenvalue weighted by Gasteiger charge is 2.27. The zero-order chi connectivity index (χ0) is 19.9. The zero-order valence-corrected chi connectivity index (χ0v) is 17.3. The van der Waals surface area contributed by atoms with Crippen molar-refractivity contribution in [2.45, 2.75) is 19.3 Å². The van der Waals surface area contributed by atoms with Crippen LogP contribution in [-0.2, 0) is 10.2 Å². The monoisotopic (exact) mass is 367 g/mol. The normalized spacial score (nSPS) is 14.2. The van der Waals surface area contributed by atoms with E-state index >= 15 is 0 Å². The van der Waals surface area contributed by atoms with E-state index in [4.69, 9.17) is 4.74 Å². The van der Waals surface area contributed by atoms with Crippen LogP contribution in [0.1, 0.15) is 19.4 Å². The lowest BCUT2D eigenvalue weighted by atomic mass is 9.73. The van der Waals surface area contributed by atoms with Crippen molar-refractivity contribution in [3.63, 3.8) is 0 Å². The third-order valence-corrected chi connectivity index (χ3v) is 5.69. The first-order valence-corrected chi connectivity index (χ1v) is 9.73. The van der Waals surface area contributed by atoms with Crippen molar-refractivity contribution in [1.82, 2.24) is 0 Å². The minimum absolute atomic E-state index is 0.458. The van der Waals surface area contributed by atoms with Crippen molar-refractivity contribution in [2.24, 2.45) is 0 Å². The molecular weight excluding hydrogens is 341 g/mol. The van der Waals surface area contributed by atoms with Gasteiger partial charge in [0.25, 0.3) is 0 Å². The first kappa shape index (κ1) is 18.6. The molecule has 1 heterocycles. The van der Waals surface area contributed by atoms with Gasteiger partial charge in [-0.05, 0) is 48.7 Å². The van der Waals surface area contributed by atoms with Gasteiger partial charge in [-0.25, -0.2) is 0 Å². The van der Waals surface area contributed by atoms with Gasteiger partial charge in [0.15, 0.2) is 7.85 Å². The molecule has 1 aliphatic rings. The molecule has 0 amide bonds. The van der Waals surface area contributed by atoms with E-state index in [0.717, 1.165) is 5.56 Å². The number of anilines is 2. The number of hydrogen-bond donors (Lipinski definition) is 0. The SMILES string of the molecule is BC(C=C(C)C)(OC)c1ccc2c(c1)-c1ccccc1-c1ccccc1N2C. The molecule has 3 heteroatoms. The highest BCUT2D eigenvalue weighted by molar-refractivity contribution is 6.16. The van der Waals surface area contributed by atoms with Crippen LogP contribution in [0.4, 0.5) is 11.4 Å². The topological polar surface area (TPSA) is 12.5 Å². The molecule has 0 aliphatic carbocycles. The fourth-order valence-electron chi connectivity index (χ4n) is 4.24. The summed E-state index contributed by atoms with van der Waals surface area (Å²) < 4.78 is 5.94. The molecule has 1 atom stereocenters. The number of allylic oxidation sites excluding steroid dienone is 1. The molecule has 3 aromatic carbocycles. The molecule has 0 N–H and O–H groups in total. The number of methoxy groups -OCH3 is 1. The van der Waals surface area contributed by atoms with Gasteiger partial charge in [-0.15, -0.1) is 0 Å². The Hall–Kier alpha value is -2.78. The van der Waals surface area contributed by atoms with Crippen molar-refractivity contribution < 1.29 is 4.74 Å². The van der Waals surface area contributed by atoms with Crippen LogP contribution in [0.25, 0.3) is 22.3 Å². The number of rotatable bonds is 3. The Labute approximate surface area is 168 Å². The summed E-state index contributed by atoms with van der Waals surface area (Å²) in [4.78, 5) is 2.29. The fourth-order valence-corrected chi connectivity index (χ4v) is 4.24. The molecule has 28 heavy (non-hydrogen) atoms. The van der Waals surface area contributed by atoms with Crippen LogP contribution in [0.5, 0.6) is 0 Å². The quantitative estimate of drug-likeness (QED) is 0.448. The number of fused-ring (bicyclic) bond motifs is 5. The molecule has 0 saturated heterocycles. The van der Waals surface area contributed by atoms with Gasteiger partial charge >= 0.3 is 0 Å². The van der Waals surface area contributed by atoms with Crippen LogP contribution in [0.15, 0.2) is 78.4 Å². The van der Waals surface area contributed by atoms with Crippen molar-refractivity contribution >= 4 is 19.2 Å². The summed E-state index contributed by atoms with van der Waals surface area (Å²) in [6.45, 7) is 4.22. The molecule has 1 aliphatic heterocycles. The van der Waals surface area contributed by atoms with E-state index in [1.54, 1.807) is 7.11 Å². The minimum Gasteiger partial charge on any atom is -0.379 e. The number of benzene rings is 3. The molecule has 0 aromatic heterocycles. The van der Waals surface area contributed by atoms with Gasteiger partial charge in [-0.1, -0.05) is 60.2 Å². The van der Waals surface area contributed by atoms with Crippen LogP contribution in [0.3, 0.4) is 0 Å². The Morgan fingerprint density at radius 2 is 1.43 bits per heavy atom. The van der Waals surface area contributed by atoms with Crippen molar-refractivity contribution in [2.75, 3.05) is 19.1 Å². The van der Waals surface area contributed by atoms with Crippen LogP contribution in [-0.4, -0.2) is 22.0 Å². The van der Waals surface area contributed by atoms with Gasteiger partial charge in [0.1, 0.15) is 0 Å². The van der Waals surface area contributed by atoms with Gasteiger partial charge in [0.2, 0.25) is 0 Å². The van der Waals surface area contributed by atoms with Gasteiger partial charge < -0.3 is 9.64 Å². The number of para-hydroxylation sites is 1. The molecule has 4 rings (SSSR count). The first-order chi connectivity index (χ1) is 13.4. The Balaban J connectivity index is 2.01. The maximum Gasteiger partial charge on any atom is 0.154 e. The van der Waals surface area contributed by atoms with E-state index in [2.05, 4.69) is 106 Å². The second-order valence-corrected chi connectivity index (χ2v) is 7.89. The largest absolute Gasteiger partial charge is 0.379 e. The van der Waals surface area contributed by atoms with Gasteiger partial charge in [0.05, 0.1) is 5.50 Å². The lowest BCUT2D eigenvalue weighted by Crippen LogP contribution is -2.27. The van der Waals surface area contributed by atoms with Gasteiger partial charge in [-0.2, -0.15) is 0 Å². The summed E-state index contributed by atoms with van der Waals surface area (Å²) in [6.07, 6.45) is 2.19. The number of ether oxygens (including phenoxy) is 1. The molecular formula is C25H26BNO. The van der Waals surface area contributed by atoms with E-state index in [1.807, 2.05) is 0 Å². The molecule has 3 aromatic rings. The number of hydrogen-bond acceptors (Lipinski definition) is 2. The Morgan fingerprint density at radius 1 is 0.857 bits per heavy atom. The highest BCUT2D eigenvalue weighted by Crippen LogP contribution is 2.47. The summed E-state index contributed by atoms with van der Waals surface area (Å²) in [5, 5.41) is 0. The third kappa shape index (κ3) is 2.96. The van der Waals surface area contributed by atoms with Crippen LogP contribution < -0.4 is 4.90 Å². The molecule has 0 bridgehead atoms. The first-order valence-electron chi connectivity index (χ1n) is 9.73. The molecule has 140 valence electrons. The summed E-state index contributed by atoms with van der Waals surface area (Å²) in [5.74, 6) is 0. The predicted octanol–water partition coefficient (Wildman–Crippen LogP) is 5.50. The van der Waals surface area contributed by atoms with E-state index in [-0.39, 0.29) is 0 Å². The van der Waals surface area contributed by atoms with E-state index in [0.29, 0.717) is 0 Å². The smallest absolute Gasteiger partial charge is 0.154 e. The van der Waals surface area contributed by atoms with Crippen molar-refractivity contribution in [3.05, 3.63) is 83.9 Å². The van der Waals surface area contributed by atoms with Crippen molar-refractivity contribution in [3.8, 4) is 22.3 Å².